The molecule has 0 fully saturated rings. The van der Waals surface area contributed by atoms with Crippen molar-refractivity contribution in [1.82, 2.24) is 20.8 Å². The Morgan fingerprint density at radius 2 is 1.55 bits per heavy atom. The lowest BCUT2D eigenvalue weighted by Crippen LogP contribution is -2.34. The molecule has 0 bridgehead atoms. The van der Waals surface area contributed by atoms with Crippen molar-refractivity contribution < 1.29 is 19.1 Å². The molecule has 3 aromatic rings. The quantitative estimate of drug-likeness (QED) is 0.321. The molecule has 0 atom stereocenters. The minimum atomic E-state index is -0.441. The first-order valence-corrected chi connectivity index (χ1v) is 9.10. The number of hydrazine groups is 2. The second-order valence-electron chi connectivity index (χ2n) is 6.07. The smallest absolute Gasteiger partial charge is 0.276 e. The topological polar surface area (TPSA) is 153 Å². The Kier molecular flexibility index (Phi) is 7.03. The average Bonchev–Trinajstić information content (AvgIpc) is 2.81. The number of ether oxygens (including phenoxy) is 2. The largest absolute Gasteiger partial charge is 0.497 e. The molecule has 11 nitrogen and oxygen atoms in total. The number of hydrogen-bond acceptors (Lipinski definition) is 9. The Hall–Kier alpha value is -4.54. The molecule has 1 heterocycles. The molecule has 0 saturated carbocycles. The van der Waals surface area contributed by atoms with Gasteiger partial charge in [-0.1, -0.05) is 18.2 Å². The van der Waals surface area contributed by atoms with E-state index >= 15 is 0 Å². The van der Waals surface area contributed by atoms with Gasteiger partial charge in [0.05, 0.1) is 7.11 Å². The van der Waals surface area contributed by atoms with E-state index in [1.54, 1.807) is 55.6 Å². The van der Waals surface area contributed by atoms with Crippen LogP contribution in [-0.2, 0) is 4.79 Å². The van der Waals surface area contributed by atoms with E-state index in [2.05, 4.69) is 31.7 Å². The molecule has 160 valence electrons. The van der Waals surface area contributed by atoms with Gasteiger partial charge < -0.3 is 15.2 Å². The molecule has 0 saturated heterocycles. The van der Waals surface area contributed by atoms with E-state index in [-0.39, 0.29) is 23.9 Å². The average molecular weight is 423 g/mol. The highest BCUT2D eigenvalue weighted by Crippen LogP contribution is 2.21. The first-order chi connectivity index (χ1) is 15.1. The summed E-state index contributed by atoms with van der Waals surface area (Å²) in [5.74, 6) is 0.652. The van der Waals surface area contributed by atoms with Crippen molar-refractivity contribution in [2.24, 2.45) is 0 Å². The number of benzene rings is 2. The number of nitrogens with two attached hydrogens (primary N) is 1. The van der Waals surface area contributed by atoms with Crippen LogP contribution in [0.2, 0.25) is 0 Å². The number of hydrogen-bond donors (Lipinski definition) is 5. The minimum absolute atomic E-state index is 0.0850. The summed E-state index contributed by atoms with van der Waals surface area (Å²) in [7, 11) is 1.54. The molecule has 0 radical (unpaired) electrons. The molecule has 3 rings (SSSR count). The molecule has 2 aromatic carbocycles. The highest BCUT2D eigenvalue weighted by Gasteiger charge is 2.11. The van der Waals surface area contributed by atoms with Crippen molar-refractivity contribution in [3.8, 4) is 11.5 Å². The number of nitrogens with one attached hydrogen (secondary N) is 4. The number of carbonyl (C=O) groups excluding carboxylic acids is 2. The second kappa shape index (κ2) is 10.3. The lowest BCUT2D eigenvalue weighted by Gasteiger charge is -2.14. The summed E-state index contributed by atoms with van der Waals surface area (Å²) in [5.41, 5.74) is 16.6. The number of carbonyl (C=O) groups is 2. The van der Waals surface area contributed by atoms with Crippen LogP contribution in [0.5, 0.6) is 11.5 Å². The monoisotopic (exact) mass is 423 g/mol. The number of amides is 2. The van der Waals surface area contributed by atoms with Gasteiger partial charge in [0.25, 0.3) is 11.8 Å². The maximum Gasteiger partial charge on any atom is 0.276 e. The van der Waals surface area contributed by atoms with Crippen LogP contribution < -0.4 is 36.9 Å². The van der Waals surface area contributed by atoms with Gasteiger partial charge in [0.15, 0.2) is 18.2 Å². The summed E-state index contributed by atoms with van der Waals surface area (Å²) in [5, 5.41) is 0. The van der Waals surface area contributed by atoms with Crippen LogP contribution in [0.25, 0.3) is 0 Å². The van der Waals surface area contributed by atoms with Crippen molar-refractivity contribution in [3.63, 3.8) is 0 Å². The number of nitrogen functional groups attached to an aromatic ring is 1. The third kappa shape index (κ3) is 5.97. The van der Waals surface area contributed by atoms with E-state index in [1.807, 2.05) is 6.07 Å². The van der Waals surface area contributed by atoms with Crippen LogP contribution in [0.15, 0.2) is 60.9 Å². The maximum absolute atomic E-state index is 12.2. The number of rotatable bonds is 9. The van der Waals surface area contributed by atoms with E-state index in [0.717, 1.165) is 0 Å². The van der Waals surface area contributed by atoms with Crippen LogP contribution in [0, 0.1) is 0 Å². The molecule has 0 unspecified atom stereocenters. The minimum Gasteiger partial charge on any atom is -0.497 e. The van der Waals surface area contributed by atoms with Crippen LogP contribution in [-0.4, -0.2) is 35.5 Å². The number of nitrogens with zero attached hydrogens (tertiary/aromatic N) is 2. The summed E-state index contributed by atoms with van der Waals surface area (Å²) in [4.78, 5) is 32.1. The van der Waals surface area contributed by atoms with E-state index in [9.17, 15) is 9.59 Å². The Morgan fingerprint density at radius 3 is 2.19 bits per heavy atom. The fourth-order valence-electron chi connectivity index (χ4n) is 2.36. The third-order valence-electron chi connectivity index (χ3n) is 3.96. The highest BCUT2D eigenvalue weighted by molar-refractivity contribution is 5.95. The number of methoxy groups -OCH3 is 1. The molecule has 0 spiro atoms. The first-order valence-electron chi connectivity index (χ1n) is 9.10. The third-order valence-corrected chi connectivity index (χ3v) is 3.96. The van der Waals surface area contributed by atoms with Gasteiger partial charge in [0, 0.05) is 5.56 Å². The lowest BCUT2D eigenvalue weighted by atomic mass is 10.2. The molecule has 2 amide bonds. The fraction of sp³-hybridized carbons (Fsp3) is 0.100. The van der Waals surface area contributed by atoms with E-state index in [1.165, 1.54) is 6.33 Å². The Balaban J connectivity index is 1.51. The molecule has 11 heteroatoms. The Labute approximate surface area is 177 Å². The Bertz CT molecular complexity index is 1030. The van der Waals surface area contributed by atoms with Gasteiger partial charge in [-0.3, -0.25) is 31.3 Å². The molecular weight excluding hydrogens is 402 g/mol. The van der Waals surface area contributed by atoms with Crippen LogP contribution in [0.3, 0.4) is 0 Å². The van der Waals surface area contributed by atoms with Crippen molar-refractivity contribution in [2.45, 2.75) is 0 Å². The highest BCUT2D eigenvalue weighted by atomic mass is 16.5. The Morgan fingerprint density at radius 1 is 0.903 bits per heavy atom. The molecule has 0 aliphatic carbocycles. The number of para-hydroxylation sites is 1. The summed E-state index contributed by atoms with van der Waals surface area (Å²) < 4.78 is 10.4. The lowest BCUT2D eigenvalue weighted by molar-refractivity contribution is -0.122. The SMILES string of the molecule is COc1ccc(C(=O)NNc2ncnc(NNC(=O)COc3ccccc3)c2N)cc1. The van der Waals surface area contributed by atoms with E-state index in [0.29, 0.717) is 17.1 Å². The van der Waals surface area contributed by atoms with Crippen LogP contribution in [0.1, 0.15) is 10.4 Å². The van der Waals surface area contributed by atoms with Gasteiger partial charge in [0.1, 0.15) is 23.5 Å². The van der Waals surface area contributed by atoms with Crippen molar-refractivity contribution in [1.29, 1.82) is 0 Å². The maximum atomic E-state index is 12.2. The number of anilines is 3. The molecule has 31 heavy (non-hydrogen) atoms. The zero-order valence-electron chi connectivity index (χ0n) is 16.6. The number of aromatic nitrogens is 2. The van der Waals surface area contributed by atoms with Gasteiger partial charge >= 0.3 is 0 Å². The normalized spacial score (nSPS) is 9.97. The molecule has 6 N–H and O–H groups in total. The zero-order chi connectivity index (χ0) is 22.1. The second-order valence-corrected chi connectivity index (χ2v) is 6.07. The first kappa shape index (κ1) is 21.2. The van der Waals surface area contributed by atoms with Crippen molar-refractivity contribution in [3.05, 3.63) is 66.5 Å². The van der Waals surface area contributed by atoms with Gasteiger partial charge in [0.2, 0.25) is 0 Å². The van der Waals surface area contributed by atoms with Crippen molar-refractivity contribution >= 4 is 29.1 Å². The summed E-state index contributed by atoms with van der Waals surface area (Å²) >= 11 is 0. The van der Waals surface area contributed by atoms with Crippen molar-refractivity contribution in [2.75, 3.05) is 30.3 Å². The summed E-state index contributed by atoms with van der Waals surface area (Å²) in [6.45, 7) is -0.203. The summed E-state index contributed by atoms with van der Waals surface area (Å²) in [6, 6.07) is 15.5. The van der Waals surface area contributed by atoms with Gasteiger partial charge in [-0.05, 0) is 36.4 Å². The predicted octanol–water partition coefficient (Wildman–Crippen LogP) is 1.35. The fourth-order valence-corrected chi connectivity index (χ4v) is 2.36. The van der Waals surface area contributed by atoms with Gasteiger partial charge in [-0.15, -0.1) is 0 Å². The molecule has 1 aromatic heterocycles. The van der Waals surface area contributed by atoms with Gasteiger partial charge in [-0.25, -0.2) is 9.97 Å². The van der Waals surface area contributed by atoms with Crippen LogP contribution >= 0.6 is 0 Å². The molecular formula is C20H21N7O4. The zero-order valence-corrected chi connectivity index (χ0v) is 16.6. The standard InChI is InChI=1S/C20H21N7O4/c1-30-14-9-7-13(8-10-14)20(29)27-26-19-17(21)18(22-12-23-19)25-24-16(28)11-31-15-5-3-2-4-6-15/h2-10,12H,11,21H2,1H3,(H,24,28)(H,27,29)(H2,22,23,25,26). The molecule has 0 aliphatic rings. The summed E-state index contributed by atoms with van der Waals surface area (Å²) in [6.07, 6.45) is 1.22. The van der Waals surface area contributed by atoms with E-state index < -0.39 is 11.8 Å². The predicted molar refractivity (Wildman–Crippen MR) is 114 cm³/mol. The molecule has 0 aliphatic heterocycles. The van der Waals surface area contributed by atoms with E-state index in [4.69, 9.17) is 15.2 Å². The van der Waals surface area contributed by atoms with Crippen LogP contribution in [0.4, 0.5) is 17.3 Å². The van der Waals surface area contributed by atoms with Gasteiger partial charge in [-0.2, -0.15) is 0 Å².